The molecule has 7 nitrogen and oxygen atoms in total. The predicted octanol–water partition coefficient (Wildman–Crippen LogP) is 6.92. The zero-order valence-electron chi connectivity index (χ0n) is 26.6. The number of rotatable bonds is 6. The summed E-state index contributed by atoms with van der Waals surface area (Å²) in [6.07, 6.45) is 1.65. The Balaban J connectivity index is 1.25. The van der Waals surface area contributed by atoms with Gasteiger partial charge in [-0.2, -0.15) is 0 Å². The number of alkyl halides is 1. The van der Waals surface area contributed by atoms with Gasteiger partial charge in [0.2, 0.25) is 5.91 Å². The van der Waals surface area contributed by atoms with Crippen molar-refractivity contribution in [1.82, 2.24) is 20.0 Å². The number of amidine groups is 1. The van der Waals surface area contributed by atoms with Crippen molar-refractivity contribution >= 4 is 51.9 Å². The zero-order chi connectivity index (χ0) is 32.5. The average Bonchev–Trinajstić information content (AvgIpc) is 3.35. The van der Waals surface area contributed by atoms with Crippen molar-refractivity contribution in [2.75, 3.05) is 19.6 Å². The first-order valence-electron chi connectivity index (χ1n) is 16.3. The average molecular weight is 685 g/mol. The van der Waals surface area contributed by atoms with Gasteiger partial charge in [0.25, 0.3) is 5.91 Å². The number of piperazine rings is 1. The van der Waals surface area contributed by atoms with Crippen LogP contribution in [0, 0.1) is 5.92 Å². The van der Waals surface area contributed by atoms with E-state index in [1.165, 1.54) is 16.7 Å². The van der Waals surface area contributed by atoms with Crippen LogP contribution in [0.25, 0.3) is 0 Å². The Morgan fingerprint density at radius 2 is 1.72 bits per heavy atom. The molecule has 1 N–H and O–H groups in total. The minimum Gasteiger partial charge on any atom is -0.335 e. The molecular formula is C35H40Cl2FN5O2S. The Labute approximate surface area is 284 Å². The largest absolute Gasteiger partial charge is 0.335 e. The third-order valence-corrected chi connectivity index (χ3v) is 12.0. The second-order valence-corrected chi connectivity index (χ2v) is 15.7. The summed E-state index contributed by atoms with van der Waals surface area (Å²) in [5.74, 6) is -0.474. The van der Waals surface area contributed by atoms with Gasteiger partial charge in [-0.25, -0.2) is 9.38 Å². The summed E-state index contributed by atoms with van der Waals surface area (Å²) in [7, 11) is 0. The normalized spacial score (nSPS) is 30.0. The van der Waals surface area contributed by atoms with E-state index in [1.54, 1.807) is 0 Å². The number of likely N-dealkylation sites (tertiary alicyclic amines) is 1. The molecule has 0 radical (unpaired) electrons. The maximum absolute atomic E-state index is 15.2. The molecule has 0 bridgehead atoms. The van der Waals surface area contributed by atoms with Crippen LogP contribution < -0.4 is 5.32 Å². The van der Waals surface area contributed by atoms with Crippen LogP contribution >= 0.6 is 35.0 Å². The van der Waals surface area contributed by atoms with Crippen molar-refractivity contribution < 1.29 is 14.0 Å². The number of carbonyl (C=O) groups is 2. The smallest absolute Gasteiger partial charge is 0.263 e. The summed E-state index contributed by atoms with van der Waals surface area (Å²) in [6, 6.07) is 14.4. The van der Waals surface area contributed by atoms with E-state index >= 15 is 4.39 Å². The van der Waals surface area contributed by atoms with Crippen LogP contribution in [0.4, 0.5) is 4.39 Å². The van der Waals surface area contributed by atoms with Crippen LogP contribution in [0.15, 0.2) is 64.1 Å². The number of halogens is 3. The van der Waals surface area contributed by atoms with Gasteiger partial charge in [0.1, 0.15) is 22.7 Å². The lowest BCUT2D eigenvalue weighted by Crippen LogP contribution is -2.62. The number of carbonyl (C=O) groups excluding carboxylic acids is 2. The van der Waals surface area contributed by atoms with Crippen LogP contribution in [-0.2, 0) is 15.1 Å². The Morgan fingerprint density at radius 3 is 2.33 bits per heavy atom. The number of thioether (sulfide) groups is 1. The summed E-state index contributed by atoms with van der Waals surface area (Å²) < 4.78 is 15.2. The monoisotopic (exact) mass is 683 g/mol. The third kappa shape index (κ3) is 5.35. The molecule has 0 unspecified atom stereocenters. The maximum atomic E-state index is 15.2. The van der Waals surface area contributed by atoms with Gasteiger partial charge in [0.05, 0.1) is 12.6 Å². The standard InChI is InChI=1S/C35H40Cl2FN5O2S/c1-5-26-17-39-35(14-15-35)19-42(26)31(44)27-16-25(38)18-41(27)32(45)29-28(20(2)3)43-30(21-6-10-23(36)11-7-21)34(4,40-33(43)46-29)22-8-12-24(37)13-9-22/h6-13,20,25-27,30,39H,5,14-19H2,1-4H3/t25-,26-,27+,30-,34+/m1/s1. The van der Waals surface area contributed by atoms with Crippen molar-refractivity contribution in [2.24, 2.45) is 10.9 Å². The van der Waals surface area contributed by atoms with E-state index in [9.17, 15) is 9.59 Å². The molecule has 7 rings (SSSR count). The number of nitrogens with one attached hydrogen (secondary N) is 1. The number of nitrogens with zero attached hydrogens (tertiary/aromatic N) is 4. The predicted molar refractivity (Wildman–Crippen MR) is 182 cm³/mol. The van der Waals surface area contributed by atoms with Gasteiger partial charge in [0, 0.05) is 46.8 Å². The minimum atomic E-state index is -1.25. The highest BCUT2D eigenvalue weighted by molar-refractivity contribution is 8.18. The van der Waals surface area contributed by atoms with Gasteiger partial charge in [0.15, 0.2) is 5.17 Å². The highest BCUT2D eigenvalue weighted by atomic mass is 35.5. The van der Waals surface area contributed by atoms with Gasteiger partial charge in [-0.05, 0) is 79.3 Å². The Kier molecular flexibility index (Phi) is 8.22. The first-order chi connectivity index (χ1) is 21.9. The van der Waals surface area contributed by atoms with Crippen LogP contribution in [0.2, 0.25) is 10.0 Å². The summed E-state index contributed by atoms with van der Waals surface area (Å²) >= 11 is 13.9. The van der Waals surface area contributed by atoms with Gasteiger partial charge in [-0.15, -0.1) is 0 Å². The van der Waals surface area contributed by atoms with Crippen LogP contribution in [-0.4, -0.2) is 75.1 Å². The first kappa shape index (κ1) is 32.0. The van der Waals surface area contributed by atoms with Crippen LogP contribution in [0.1, 0.15) is 70.5 Å². The lowest BCUT2D eigenvalue weighted by molar-refractivity contribution is -0.145. The van der Waals surface area contributed by atoms with Gasteiger partial charge in [-0.3, -0.25) is 9.59 Å². The van der Waals surface area contributed by atoms with E-state index in [0.717, 1.165) is 42.6 Å². The van der Waals surface area contributed by atoms with Crippen molar-refractivity contribution in [1.29, 1.82) is 0 Å². The van der Waals surface area contributed by atoms with E-state index in [-0.39, 0.29) is 48.3 Å². The van der Waals surface area contributed by atoms with Gasteiger partial charge < -0.3 is 20.0 Å². The number of hydrogen-bond donors (Lipinski definition) is 1. The lowest BCUT2D eigenvalue weighted by atomic mass is 9.81. The van der Waals surface area contributed by atoms with Crippen molar-refractivity contribution in [3.8, 4) is 0 Å². The molecule has 0 aromatic heterocycles. The van der Waals surface area contributed by atoms with E-state index in [0.29, 0.717) is 26.7 Å². The first-order valence-corrected chi connectivity index (χ1v) is 17.8. The third-order valence-electron chi connectivity index (χ3n) is 10.4. The van der Waals surface area contributed by atoms with Crippen molar-refractivity contribution in [3.05, 3.63) is 80.3 Å². The van der Waals surface area contributed by atoms with E-state index < -0.39 is 17.8 Å². The van der Waals surface area contributed by atoms with Crippen molar-refractivity contribution in [2.45, 2.75) is 88.8 Å². The molecule has 1 aliphatic carbocycles. The molecule has 5 atom stereocenters. The van der Waals surface area contributed by atoms with E-state index in [2.05, 4.69) is 37.9 Å². The molecule has 11 heteroatoms. The highest BCUT2D eigenvalue weighted by Gasteiger charge is 2.55. The zero-order valence-corrected chi connectivity index (χ0v) is 28.9. The number of benzene rings is 2. The second-order valence-electron chi connectivity index (χ2n) is 13.8. The molecule has 3 fully saturated rings. The molecule has 244 valence electrons. The summed E-state index contributed by atoms with van der Waals surface area (Å²) in [5, 5.41) is 5.62. The highest BCUT2D eigenvalue weighted by Crippen LogP contribution is 2.56. The van der Waals surface area contributed by atoms with Crippen LogP contribution in [0.5, 0.6) is 0 Å². The SMILES string of the molecule is CC[C@@H]1CNC2(CC2)CN1C(=O)[C@@H]1C[C@@H](F)CN1C(=O)C1=C(C(C)C)N2C(=N[C@@](C)(c3ccc(Cl)cc3)[C@H]2c2ccc(Cl)cc2)S1. The number of aliphatic imine (C=N–C) groups is 1. The number of hydrogen-bond acceptors (Lipinski definition) is 6. The molecule has 2 aromatic rings. The van der Waals surface area contributed by atoms with E-state index in [1.807, 2.05) is 53.4 Å². The topological polar surface area (TPSA) is 68.2 Å². The van der Waals surface area contributed by atoms with Crippen LogP contribution in [0.3, 0.4) is 0 Å². The second kappa shape index (κ2) is 11.8. The lowest BCUT2D eigenvalue weighted by Gasteiger charge is -2.42. The molecule has 4 heterocycles. The molecule has 46 heavy (non-hydrogen) atoms. The minimum absolute atomic E-state index is 0.0190. The Bertz CT molecular complexity index is 1610. The maximum Gasteiger partial charge on any atom is 0.263 e. The molecule has 1 saturated carbocycles. The molecule has 2 amide bonds. The fourth-order valence-electron chi connectivity index (χ4n) is 7.69. The molecule has 2 saturated heterocycles. The number of amides is 2. The quantitative estimate of drug-likeness (QED) is 0.358. The molecule has 5 aliphatic rings. The molecule has 1 spiro atoms. The Morgan fingerprint density at radius 1 is 1.07 bits per heavy atom. The number of fused-ring (bicyclic) bond motifs is 1. The summed E-state index contributed by atoms with van der Waals surface area (Å²) in [6.45, 7) is 9.57. The molecule has 4 aliphatic heterocycles. The number of allylic oxidation sites excluding steroid dienone is 1. The summed E-state index contributed by atoms with van der Waals surface area (Å²) in [4.78, 5) is 40.2. The van der Waals surface area contributed by atoms with E-state index in [4.69, 9.17) is 28.2 Å². The van der Waals surface area contributed by atoms with Gasteiger partial charge in [-0.1, -0.05) is 68.2 Å². The molecular weight excluding hydrogens is 644 g/mol. The van der Waals surface area contributed by atoms with Crippen molar-refractivity contribution in [3.63, 3.8) is 0 Å². The van der Waals surface area contributed by atoms with Gasteiger partial charge >= 0.3 is 0 Å². The summed E-state index contributed by atoms with van der Waals surface area (Å²) in [5.41, 5.74) is 2.13. The Hall–Kier alpha value is -2.59. The fourth-order valence-corrected chi connectivity index (χ4v) is 9.31. The fraction of sp³-hybridized carbons (Fsp3) is 0.514. The molecule has 2 aromatic carbocycles.